The van der Waals surface area contributed by atoms with Crippen LogP contribution >= 0.6 is 11.8 Å². The van der Waals surface area contributed by atoms with Gasteiger partial charge in [-0.25, -0.2) is 0 Å². The number of hydrogen-bond donors (Lipinski definition) is 1. The summed E-state index contributed by atoms with van der Waals surface area (Å²) in [7, 11) is 0. The van der Waals surface area contributed by atoms with Crippen molar-refractivity contribution in [2.24, 2.45) is 5.92 Å². The molecule has 1 saturated heterocycles. The average Bonchev–Trinajstić information content (AvgIpc) is 2.45. The highest BCUT2D eigenvalue weighted by molar-refractivity contribution is 8.00. The van der Waals surface area contributed by atoms with Crippen molar-refractivity contribution in [2.45, 2.75) is 88.7 Å². The third kappa shape index (κ3) is 7.36. The summed E-state index contributed by atoms with van der Waals surface area (Å²) < 4.78 is 0. The molecule has 2 fully saturated rings. The fraction of sp³-hybridized carbons (Fsp3) is 1.00. The van der Waals surface area contributed by atoms with Crippen LogP contribution in [0.5, 0.6) is 0 Å². The fourth-order valence-corrected chi connectivity index (χ4v) is 4.96. The van der Waals surface area contributed by atoms with E-state index in [-0.39, 0.29) is 0 Å². The van der Waals surface area contributed by atoms with Crippen molar-refractivity contribution in [1.29, 1.82) is 0 Å². The minimum Gasteiger partial charge on any atom is -0.315 e. The molecule has 2 rings (SSSR count). The van der Waals surface area contributed by atoms with Gasteiger partial charge < -0.3 is 5.32 Å². The second-order valence-corrected chi connectivity index (χ2v) is 8.31. The molecule has 1 saturated carbocycles. The van der Waals surface area contributed by atoms with Crippen LogP contribution in [0.3, 0.4) is 0 Å². The lowest BCUT2D eigenvalue weighted by Gasteiger charge is -2.22. The van der Waals surface area contributed by atoms with Gasteiger partial charge in [-0.05, 0) is 12.3 Å². The van der Waals surface area contributed by atoms with Crippen LogP contribution in [0.15, 0.2) is 0 Å². The van der Waals surface area contributed by atoms with Crippen LogP contribution in [0.2, 0.25) is 0 Å². The van der Waals surface area contributed by atoms with Crippen molar-refractivity contribution in [3.63, 3.8) is 0 Å². The molecule has 0 aromatic rings. The predicted molar refractivity (Wildman–Crippen MR) is 92.6 cm³/mol. The van der Waals surface area contributed by atoms with Crippen LogP contribution in [0, 0.1) is 5.92 Å². The zero-order chi connectivity index (χ0) is 13.9. The van der Waals surface area contributed by atoms with Crippen molar-refractivity contribution >= 4 is 11.8 Å². The molecule has 118 valence electrons. The van der Waals surface area contributed by atoms with E-state index in [1.54, 1.807) is 0 Å². The molecule has 0 aromatic carbocycles. The maximum absolute atomic E-state index is 3.52. The van der Waals surface area contributed by atoms with E-state index in [1.807, 2.05) is 0 Å². The lowest BCUT2D eigenvalue weighted by molar-refractivity contribution is 0.346. The first-order valence-electron chi connectivity index (χ1n) is 9.27. The molecule has 1 unspecified atom stereocenters. The van der Waals surface area contributed by atoms with Crippen molar-refractivity contribution in [1.82, 2.24) is 5.32 Å². The van der Waals surface area contributed by atoms with E-state index in [1.165, 1.54) is 102 Å². The summed E-state index contributed by atoms with van der Waals surface area (Å²) in [5.74, 6) is 2.40. The van der Waals surface area contributed by atoms with Gasteiger partial charge in [0.05, 0.1) is 0 Å². The van der Waals surface area contributed by atoms with Gasteiger partial charge in [0.2, 0.25) is 0 Å². The molecular weight excluding hydrogens is 262 g/mol. The second-order valence-electron chi connectivity index (χ2n) is 6.90. The minimum atomic E-state index is 0.911. The molecule has 0 radical (unpaired) electrons. The Morgan fingerprint density at radius 3 is 2.20 bits per heavy atom. The van der Waals surface area contributed by atoms with Gasteiger partial charge in [0.1, 0.15) is 0 Å². The van der Waals surface area contributed by atoms with Crippen LogP contribution in [-0.4, -0.2) is 24.1 Å². The van der Waals surface area contributed by atoms with Crippen LogP contribution in [-0.2, 0) is 0 Å². The first kappa shape index (κ1) is 16.7. The van der Waals surface area contributed by atoms with Gasteiger partial charge in [-0.2, -0.15) is 11.8 Å². The van der Waals surface area contributed by atoms with Crippen molar-refractivity contribution in [3.8, 4) is 0 Å². The third-order valence-electron chi connectivity index (χ3n) is 5.12. The summed E-state index contributed by atoms with van der Waals surface area (Å²) >= 11 is 2.19. The Balaban J connectivity index is 1.42. The predicted octanol–water partition coefficient (Wildman–Crippen LogP) is 5.39. The average molecular weight is 298 g/mol. The highest BCUT2D eigenvalue weighted by Crippen LogP contribution is 2.27. The highest BCUT2D eigenvalue weighted by atomic mass is 32.2. The Hall–Kier alpha value is 0.310. The molecule has 1 atom stereocenters. The lowest BCUT2D eigenvalue weighted by Crippen LogP contribution is -2.32. The van der Waals surface area contributed by atoms with Gasteiger partial charge in [-0.15, -0.1) is 0 Å². The Morgan fingerprint density at radius 2 is 1.50 bits per heavy atom. The van der Waals surface area contributed by atoms with Crippen LogP contribution in [0.1, 0.15) is 83.5 Å². The van der Waals surface area contributed by atoms with Crippen LogP contribution in [0.25, 0.3) is 0 Å². The maximum Gasteiger partial charge on any atom is 0.0172 e. The molecule has 0 bridgehead atoms. The Morgan fingerprint density at radius 1 is 0.800 bits per heavy atom. The normalized spacial score (nSPS) is 26.1. The maximum atomic E-state index is 3.52. The SMILES string of the molecule is C1CCCC(CCCCCCC2CNCCS2)CCC1. The zero-order valence-electron chi connectivity index (χ0n) is 13.4. The largest absolute Gasteiger partial charge is 0.315 e. The van der Waals surface area contributed by atoms with Gasteiger partial charge >= 0.3 is 0 Å². The van der Waals surface area contributed by atoms with Gasteiger partial charge in [-0.3, -0.25) is 0 Å². The molecule has 0 amide bonds. The molecule has 1 aliphatic heterocycles. The summed E-state index contributed by atoms with van der Waals surface area (Å²) in [6, 6.07) is 0. The van der Waals surface area contributed by atoms with Crippen molar-refractivity contribution < 1.29 is 0 Å². The molecule has 1 aliphatic carbocycles. The summed E-state index contributed by atoms with van der Waals surface area (Å²) in [6.07, 6.45) is 19.5. The number of nitrogens with one attached hydrogen (secondary N) is 1. The van der Waals surface area contributed by atoms with E-state index in [4.69, 9.17) is 0 Å². The number of rotatable bonds is 7. The Bertz CT molecular complexity index is 217. The molecule has 1 heterocycles. The van der Waals surface area contributed by atoms with E-state index >= 15 is 0 Å². The fourth-order valence-electron chi connectivity index (χ4n) is 3.79. The minimum absolute atomic E-state index is 0.911. The number of thioether (sulfide) groups is 1. The quantitative estimate of drug-likeness (QED) is 0.632. The summed E-state index contributed by atoms with van der Waals surface area (Å²) in [4.78, 5) is 0. The highest BCUT2D eigenvalue weighted by Gasteiger charge is 2.13. The zero-order valence-corrected chi connectivity index (χ0v) is 14.2. The molecule has 2 heteroatoms. The molecule has 2 aliphatic rings. The van der Waals surface area contributed by atoms with Crippen molar-refractivity contribution in [3.05, 3.63) is 0 Å². The van der Waals surface area contributed by atoms with E-state index in [0.717, 1.165) is 11.2 Å². The Labute approximate surface area is 131 Å². The molecule has 1 nitrogen and oxygen atoms in total. The van der Waals surface area contributed by atoms with E-state index in [9.17, 15) is 0 Å². The number of unbranched alkanes of at least 4 members (excludes halogenated alkanes) is 3. The summed E-state index contributed by atoms with van der Waals surface area (Å²) in [5.41, 5.74) is 0. The molecule has 20 heavy (non-hydrogen) atoms. The van der Waals surface area contributed by atoms with Crippen molar-refractivity contribution in [2.75, 3.05) is 18.8 Å². The first-order valence-corrected chi connectivity index (χ1v) is 10.3. The van der Waals surface area contributed by atoms with Crippen LogP contribution in [0.4, 0.5) is 0 Å². The standard InChI is InChI=1S/C18H35NS/c1-2-6-10-17(11-7-3-1)12-8-4-5-9-13-18-16-19-14-15-20-18/h17-19H,1-16H2. The van der Waals surface area contributed by atoms with E-state index in [0.29, 0.717) is 0 Å². The summed E-state index contributed by atoms with van der Waals surface area (Å²) in [5, 5.41) is 4.43. The molecule has 0 spiro atoms. The van der Waals surface area contributed by atoms with Gasteiger partial charge in [0.25, 0.3) is 0 Å². The molecule has 1 N–H and O–H groups in total. The van der Waals surface area contributed by atoms with Crippen LogP contribution < -0.4 is 5.32 Å². The van der Waals surface area contributed by atoms with E-state index < -0.39 is 0 Å². The first-order chi connectivity index (χ1) is 9.95. The third-order valence-corrected chi connectivity index (χ3v) is 6.43. The number of hydrogen-bond acceptors (Lipinski definition) is 2. The van der Waals surface area contributed by atoms with E-state index in [2.05, 4.69) is 17.1 Å². The van der Waals surface area contributed by atoms with Gasteiger partial charge in [0, 0.05) is 24.1 Å². The second kappa shape index (κ2) is 11.0. The molecular formula is C18H35NS. The monoisotopic (exact) mass is 297 g/mol. The topological polar surface area (TPSA) is 12.0 Å². The van der Waals surface area contributed by atoms with Gasteiger partial charge in [-0.1, -0.05) is 77.0 Å². The molecule has 0 aromatic heterocycles. The lowest BCUT2D eigenvalue weighted by atomic mass is 9.87. The smallest absolute Gasteiger partial charge is 0.0172 e. The Kier molecular flexibility index (Phi) is 9.13. The summed E-state index contributed by atoms with van der Waals surface area (Å²) in [6.45, 7) is 2.48. The van der Waals surface area contributed by atoms with Gasteiger partial charge in [0.15, 0.2) is 0 Å².